The normalized spacial score (nSPS) is 15.4. The second-order valence-corrected chi connectivity index (χ2v) is 9.45. The second-order valence-electron chi connectivity index (χ2n) is 9.01. The number of fused-ring (bicyclic) bond motifs is 1. The number of ether oxygens (including phenoxy) is 1. The van der Waals surface area contributed by atoms with Crippen LogP contribution in [0.25, 0.3) is 22.0 Å². The Labute approximate surface area is 181 Å². The standard InChI is InChI=1S/C25H26ClNO3/c1-14-13-20-18(11-12-19(27-20)15-5-6-15)22(16-7-9-17(26)10-8-16)21(14)23(24(28)29)30-25(2,3)4/h7-13,15,23H,5-6H2,1-4H3,(H,28,29)/t23-/m0/s1. The molecule has 0 saturated heterocycles. The zero-order chi connectivity index (χ0) is 21.6. The van der Waals surface area contributed by atoms with E-state index in [1.54, 1.807) is 0 Å². The molecule has 0 spiro atoms. The van der Waals surface area contributed by atoms with Crippen molar-refractivity contribution >= 4 is 28.5 Å². The fraction of sp³-hybridized carbons (Fsp3) is 0.360. The fourth-order valence-electron chi connectivity index (χ4n) is 3.90. The van der Waals surface area contributed by atoms with Crippen LogP contribution in [0.1, 0.15) is 62.5 Å². The van der Waals surface area contributed by atoms with Gasteiger partial charge in [0.25, 0.3) is 0 Å². The van der Waals surface area contributed by atoms with Gasteiger partial charge in [-0.2, -0.15) is 0 Å². The molecule has 1 N–H and O–H groups in total. The van der Waals surface area contributed by atoms with Gasteiger partial charge in [-0.25, -0.2) is 4.79 Å². The summed E-state index contributed by atoms with van der Waals surface area (Å²) in [6.07, 6.45) is 1.27. The third-order valence-corrected chi connectivity index (χ3v) is 5.60. The van der Waals surface area contributed by atoms with E-state index in [-0.39, 0.29) is 0 Å². The number of hydrogen-bond acceptors (Lipinski definition) is 3. The van der Waals surface area contributed by atoms with Crippen molar-refractivity contribution in [2.45, 2.75) is 58.2 Å². The van der Waals surface area contributed by atoms with Crippen molar-refractivity contribution < 1.29 is 14.6 Å². The van der Waals surface area contributed by atoms with Crippen LogP contribution in [-0.2, 0) is 9.53 Å². The lowest BCUT2D eigenvalue weighted by atomic mass is 9.88. The molecule has 30 heavy (non-hydrogen) atoms. The molecule has 5 heteroatoms. The summed E-state index contributed by atoms with van der Waals surface area (Å²) in [7, 11) is 0. The Morgan fingerprint density at radius 1 is 1.17 bits per heavy atom. The van der Waals surface area contributed by atoms with E-state index in [0.717, 1.165) is 33.3 Å². The monoisotopic (exact) mass is 423 g/mol. The van der Waals surface area contributed by atoms with Crippen LogP contribution >= 0.6 is 11.6 Å². The van der Waals surface area contributed by atoms with Crippen LogP contribution < -0.4 is 0 Å². The average Bonchev–Trinajstić information content (AvgIpc) is 3.50. The molecule has 0 bridgehead atoms. The molecule has 1 saturated carbocycles. The Kier molecular flexibility index (Phi) is 5.33. The van der Waals surface area contributed by atoms with Crippen molar-refractivity contribution in [2.24, 2.45) is 0 Å². The number of halogens is 1. The van der Waals surface area contributed by atoms with E-state index in [1.165, 1.54) is 12.8 Å². The van der Waals surface area contributed by atoms with Crippen LogP contribution in [0.5, 0.6) is 0 Å². The van der Waals surface area contributed by atoms with Gasteiger partial charge in [-0.15, -0.1) is 0 Å². The van der Waals surface area contributed by atoms with Crippen molar-refractivity contribution in [2.75, 3.05) is 0 Å². The molecule has 2 aromatic carbocycles. The summed E-state index contributed by atoms with van der Waals surface area (Å²) in [5, 5.41) is 11.6. The molecule has 1 aliphatic carbocycles. The number of hydrogen-bond donors (Lipinski definition) is 1. The Morgan fingerprint density at radius 2 is 1.83 bits per heavy atom. The first-order valence-electron chi connectivity index (χ1n) is 10.2. The zero-order valence-electron chi connectivity index (χ0n) is 17.7. The van der Waals surface area contributed by atoms with E-state index in [9.17, 15) is 9.90 Å². The summed E-state index contributed by atoms with van der Waals surface area (Å²) < 4.78 is 6.03. The van der Waals surface area contributed by atoms with Gasteiger partial charge < -0.3 is 9.84 Å². The number of benzene rings is 2. The first kappa shape index (κ1) is 20.8. The quantitative estimate of drug-likeness (QED) is 0.497. The number of aromatic nitrogens is 1. The van der Waals surface area contributed by atoms with Crippen LogP contribution in [-0.4, -0.2) is 21.7 Å². The van der Waals surface area contributed by atoms with Crippen molar-refractivity contribution in [1.29, 1.82) is 0 Å². The molecule has 0 radical (unpaired) electrons. The highest BCUT2D eigenvalue weighted by Crippen LogP contribution is 2.43. The largest absolute Gasteiger partial charge is 0.479 e. The van der Waals surface area contributed by atoms with Gasteiger partial charge in [-0.1, -0.05) is 29.8 Å². The molecular formula is C25H26ClNO3. The average molecular weight is 424 g/mol. The Bertz CT molecular complexity index is 1110. The van der Waals surface area contributed by atoms with E-state index in [4.69, 9.17) is 21.3 Å². The van der Waals surface area contributed by atoms with Crippen molar-refractivity contribution in [3.05, 3.63) is 64.3 Å². The number of carboxylic acids is 1. The maximum absolute atomic E-state index is 12.3. The van der Waals surface area contributed by atoms with Gasteiger partial charge in [0, 0.05) is 27.6 Å². The molecule has 0 amide bonds. The van der Waals surface area contributed by atoms with E-state index >= 15 is 0 Å². The minimum absolute atomic E-state index is 0.546. The molecule has 156 valence electrons. The number of nitrogens with zero attached hydrogens (tertiary/aromatic N) is 1. The maximum atomic E-state index is 12.3. The van der Waals surface area contributed by atoms with Crippen molar-refractivity contribution in [3.8, 4) is 11.1 Å². The van der Waals surface area contributed by atoms with Crippen LogP contribution in [0.3, 0.4) is 0 Å². The molecule has 0 aliphatic heterocycles. The Balaban J connectivity index is 2.01. The summed E-state index contributed by atoms with van der Waals surface area (Å²) in [5.41, 5.74) is 4.62. The minimum Gasteiger partial charge on any atom is -0.479 e. The van der Waals surface area contributed by atoms with E-state index in [1.807, 2.05) is 58.0 Å². The van der Waals surface area contributed by atoms with Crippen LogP contribution in [0, 0.1) is 6.92 Å². The minimum atomic E-state index is -1.09. The highest BCUT2D eigenvalue weighted by Gasteiger charge is 2.32. The predicted octanol–water partition coefficient (Wildman–Crippen LogP) is 6.68. The highest BCUT2D eigenvalue weighted by molar-refractivity contribution is 6.30. The molecule has 3 aromatic rings. The van der Waals surface area contributed by atoms with Crippen LogP contribution in [0.15, 0.2) is 42.5 Å². The molecule has 0 unspecified atom stereocenters. The van der Waals surface area contributed by atoms with E-state index in [0.29, 0.717) is 16.5 Å². The fourth-order valence-corrected chi connectivity index (χ4v) is 4.02. The zero-order valence-corrected chi connectivity index (χ0v) is 18.5. The summed E-state index contributed by atoms with van der Waals surface area (Å²) in [6.45, 7) is 7.53. The lowest BCUT2D eigenvalue weighted by molar-refractivity contribution is -0.160. The number of carboxylic acid groups (broad SMARTS) is 1. The summed E-state index contributed by atoms with van der Waals surface area (Å²) in [4.78, 5) is 17.2. The number of rotatable bonds is 5. The van der Waals surface area contributed by atoms with Gasteiger partial charge in [-0.05, 0) is 81.5 Å². The summed E-state index contributed by atoms with van der Waals surface area (Å²) in [6, 6.07) is 13.6. The topological polar surface area (TPSA) is 59.4 Å². The smallest absolute Gasteiger partial charge is 0.337 e. The van der Waals surface area contributed by atoms with Gasteiger partial charge in [0.2, 0.25) is 0 Å². The van der Waals surface area contributed by atoms with E-state index in [2.05, 4.69) is 12.1 Å². The molecule has 4 rings (SSSR count). The third kappa shape index (κ3) is 4.21. The Hall–Kier alpha value is -2.43. The van der Waals surface area contributed by atoms with Crippen LogP contribution in [0.4, 0.5) is 0 Å². The predicted molar refractivity (Wildman–Crippen MR) is 120 cm³/mol. The Morgan fingerprint density at radius 3 is 2.40 bits per heavy atom. The first-order valence-corrected chi connectivity index (χ1v) is 10.6. The SMILES string of the molecule is Cc1cc2nc(C3CC3)ccc2c(-c2ccc(Cl)cc2)c1[C@H](OC(C)(C)C)C(=O)O. The molecule has 1 heterocycles. The van der Waals surface area contributed by atoms with Gasteiger partial charge >= 0.3 is 5.97 Å². The number of aliphatic carboxylic acids is 1. The molecule has 1 atom stereocenters. The lowest BCUT2D eigenvalue weighted by Crippen LogP contribution is -2.28. The summed E-state index contributed by atoms with van der Waals surface area (Å²) in [5.74, 6) is -0.463. The molecule has 1 fully saturated rings. The number of pyridine rings is 1. The van der Waals surface area contributed by atoms with Crippen molar-refractivity contribution in [1.82, 2.24) is 4.98 Å². The van der Waals surface area contributed by atoms with Gasteiger partial charge in [0.15, 0.2) is 6.10 Å². The highest BCUT2D eigenvalue weighted by atomic mass is 35.5. The maximum Gasteiger partial charge on any atom is 0.337 e. The van der Waals surface area contributed by atoms with Crippen molar-refractivity contribution in [3.63, 3.8) is 0 Å². The second kappa shape index (κ2) is 7.68. The molecule has 4 nitrogen and oxygen atoms in total. The molecule has 1 aromatic heterocycles. The van der Waals surface area contributed by atoms with Crippen LogP contribution in [0.2, 0.25) is 5.02 Å². The number of carbonyl (C=O) groups is 1. The van der Waals surface area contributed by atoms with Gasteiger partial charge in [-0.3, -0.25) is 4.98 Å². The van der Waals surface area contributed by atoms with Gasteiger partial charge in [0.05, 0.1) is 11.1 Å². The molecule has 1 aliphatic rings. The number of aryl methyl sites for hydroxylation is 1. The lowest BCUT2D eigenvalue weighted by Gasteiger charge is -2.28. The first-order chi connectivity index (χ1) is 14.1. The molecular weight excluding hydrogens is 398 g/mol. The summed E-state index contributed by atoms with van der Waals surface area (Å²) >= 11 is 6.12. The van der Waals surface area contributed by atoms with Gasteiger partial charge in [0.1, 0.15) is 0 Å². The third-order valence-electron chi connectivity index (χ3n) is 5.35. The van der Waals surface area contributed by atoms with E-state index < -0.39 is 17.7 Å².